The van der Waals surface area contributed by atoms with Crippen molar-refractivity contribution in [2.24, 2.45) is 0 Å². The summed E-state index contributed by atoms with van der Waals surface area (Å²) >= 11 is 0. The van der Waals surface area contributed by atoms with E-state index in [0.717, 1.165) is 37.4 Å². The summed E-state index contributed by atoms with van der Waals surface area (Å²) in [4.78, 5) is 24.5. The van der Waals surface area contributed by atoms with Crippen LogP contribution in [0.4, 0.5) is 13.2 Å². The van der Waals surface area contributed by atoms with Crippen LogP contribution in [0.15, 0.2) is 10.6 Å². The van der Waals surface area contributed by atoms with Gasteiger partial charge in [-0.2, -0.15) is 13.2 Å². The number of aryl methyl sites for hydroxylation is 1. The molecule has 12 heteroatoms. The van der Waals surface area contributed by atoms with E-state index in [2.05, 4.69) is 10.1 Å². The van der Waals surface area contributed by atoms with Crippen LogP contribution in [-0.4, -0.2) is 90.2 Å². The molecule has 9 nitrogen and oxygen atoms in total. The Balaban J connectivity index is 0.000000396. The molecular formula is C18H26F3N3O6. The van der Waals surface area contributed by atoms with Gasteiger partial charge in [-0.3, -0.25) is 9.69 Å². The summed E-state index contributed by atoms with van der Waals surface area (Å²) in [6.45, 7) is 4.35. The van der Waals surface area contributed by atoms with Gasteiger partial charge >= 0.3 is 12.1 Å². The Kier molecular flexibility index (Phi) is 8.21. The molecule has 0 radical (unpaired) electrons. The number of carbonyl (C=O) groups is 2. The first-order chi connectivity index (χ1) is 14.0. The molecule has 0 spiro atoms. The highest BCUT2D eigenvalue weighted by Crippen LogP contribution is 2.33. The number of carbonyl (C=O) groups excluding carboxylic acids is 1. The molecule has 2 heterocycles. The maximum absolute atomic E-state index is 11.7. The predicted octanol–water partition coefficient (Wildman–Crippen LogP) is 1.45. The number of morpholine rings is 1. The minimum Gasteiger partial charge on any atom is -0.475 e. The average molecular weight is 437 g/mol. The monoisotopic (exact) mass is 437 g/mol. The average Bonchev–Trinajstić information content (AvgIpc) is 3.26. The van der Waals surface area contributed by atoms with E-state index in [1.54, 1.807) is 19.0 Å². The Morgan fingerprint density at radius 3 is 2.57 bits per heavy atom. The molecule has 0 aromatic carbocycles. The number of hydrogen-bond acceptors (Lipinski definition) is 7. The maximum Gasteiger partial charge on any atom is 0.490 e. The van der Waals surface area contributed by atoms with Gasteiger partial charge in [0.05, 0.1) is 24.5 Å². The van der Waals surface area contributed by atoms with Crippen molar-refractivity contribution in [3.63, 3.8) is 0 Å². The van der Waals surface area contributed by atoms with Crippen LogP contribution >= 0.6 is 0 Å². The van der Waals surface area contributed by atoms with Gasteiger partial charge in [-0.25, -0.2) is 4.79 Å². The van der Waals surface area contributed by atoms with Gasteiger partial charge in [0.1, 0.15) is 12.4 Å². The Hall–Kier alpha value is -2.18. The SMILES string of the molecule is Cc1cc(CN2CCO[C@H]3[C@H](OCC(=O)N(C)C)CC[C@@H]32)no1.O=C(O)C(F)(F)F. The second-order valence-corrected chi connectivity index (χ2v) is 7.32. The third kappa shape index (κ3) is 6.67. The molecule has 170 valence electrons. The smallest absolute Gasteiger partial charge is 0.475 e. The predicted molar refractivity (Wildman–Crippen MR) is 96.5 cm³/mol. The van der Waals surface area contributed by atoms with Crippen LogP contribution in [0.25, 0.3) is 0 Å². The van der Waals surface area contributed by atoms with E-state index in [1.165, 1.54) is 0 Å². The summed E-state index contributed by atoms with van der Waals surface area (Å²) < 4.78 is 48.7. The van der Waals surface area contributed by atoms with Crippen molar-refractivity contribution in [3.8, 4) is 0 Å². The zero-order valence-electron chi connectivity index (χ0n) is 17.0. The molecule has 1 aromatic rings. The quantitative estimate of drug-likeness (QED) is 0.738. The Bertz CT molecular complexity index is 724. The minimum atomic E-state index is -5.08. The van der Waals surface area contributed by atoms with E-state index in [1.807, 2.05) is 13.0 Å². The molecule has 0 unspecified atom stereocenters. The van der Waals surface area contributed by atoms with Crippen molar-refractivity contribution >= 4 is 11.9 Å². The third-order valence-corrected chi connectivity index (χ3v) is 4.85. The number of fused-ring (bicyclic) bond motifs is 1. The molecular weight excluding hydrogens is 411 g/mol. The number of hydrogen-bond donors (Lipinski definition) is 1. The fraction of sp³-hybridized carbons (Fsp3) is 0.722. The van der Waals surface area contributed by atoms with E-state index in [4.69, 9.17) is 23.9 Å². The number of carboxylic acids is 1. The van der Waals surface area contributed by atoms with Gasteiger partial charge in [-0.1, -0.05) is 5.16 Å². The topological polar surface area (TPSA) is 105 Å². The summed E-state index contributed by atoms with van der Waals surface area (Å²) in [5.41, 5.74) is 0.954. The van der Waals surface area contributed by atoms with Gasteiger partial charge in [-0.15, -0.1) is 0 Å². The first kappa shape index (κ1) is 24.1. The van der Waals surface area contributed by atoms with Crippen molar-refractivity contribution in [2.45, 2.75) is 50.7 Å². The van der Waals surface area contributed by atoms with Crippen LogP contribution in [0.2, 0.25) is 0 Å². The number of likely N-dealkylation sites (N-methyl/N-ethyl adjacent to an activating group) is 1. The lowest BCUT2D eigenvalue weighted by Gasteiger charge is -2.38. The molecule has 1 aliphatic carbocycles. The molecule has 3 atom stereocenters. The number of ether oxygens (including phenoxy) is 2. The van der Waals surface area contributed by atoms with E-state index in [0.29, 0.717) is 12.6 Å². The number of amides is 1. The lowest BCUT2D eigenvalue weighted by atomic mass is 10.1. The van der Waals surface area contributed by atoms with E-state index in [-0.39, 0.29) is 24.7 Å². The number of rotatable bonds is 5. The molecule has 1 aliphatic heterocycles. The van der Waals surface area contributed by atoms with Gasteiger partial charge < -0.3 is 24.0 Å². The second kappa shape index (κ2) is 10.2. The largest absolute Gasteiger partial charge is 0.490 e. The maximum atomic E-state index is 11.7. The lowest BCUT2D eigenvalue weighted by Crippen LogP contribution is -2.51. The molecule has 0 bridgehead atoms. The van der Waals surface area contributed by atoms with Crippen molar-refractivity contribution in [2.75, 3.05) is 33.9 Å². The second-order valence-electron chi connectivity index (χ2n) is 7.32. The normalized spacial score (nSPS) is 24.0. The van der Waals surface area contributed by atoms with Crippen LogP contribution in [0, 0.1) is 6.92 Å². The van der Waals surface area contributed by atoms with Crippen molar-refractivity contribution < 1.29 is 41.9 Å². The molecule has 30 heavy (non-hydrogen) atoms. The Labute approximate surface area is 171 Å². The van der Waals surface area contributed by atoms with Crippen LogP contribution in [0.5, 0.6) is 0 Å². The molecule has 1 N–H and O–H groups in total. The van der Waals surface area contributed by atoms with E-state index < -0.39 is 12.1 Å². The van der Waals surface area contributed by atoms with Crippen LogP contribution in [-0.2, 0) is 25.6 Å². The van der Waals surface area contributed by atoms with Crippen molar-refractivity contribution in [1.82, 2.24) is 15.0 Å². The van der Waals surface area contributed by atoms with Gasteiger partial charge in [-0.05, 0) is 19.8 Å². The third-order valence-electron chi connectivity index (χ3n) is 4.85. The molecule has 1 saturated carbocycles. The number of nitrogens with zero attached hydrogens (tertiary/aromatic N) is 3. The summed E-state index contributed by atoms with van der Waals surface area (Å²) in [5, 5.41) is 11.2. The van der Waals surface area contributed by atoms with Gasteiger partial charge in [0.2, 0.25) is 5.91 Å². The summed E-state index contributed by atoms with van der Waals surface area (Å²) in [7, 11) is 3.48. The summed E-state index contributed by atoms with van der Waals surface area (Å²) in [6, 6.07) is 2.29. The number of alkyl halides is 3. The molecule has 1 aromatic heterocycles. The molecule has 1 amide bonds. The zero-order valence-corrected chi connectivity index (χ0v) is 17.0. The standard InChI is InChI=1S/C16H25N3O4.C2HF3O2/c1-11-8-12(17-23-11)9-19-6-7-21-16-13(19)4-5-14(16)22-10-15(20)18(2)3;3-2(4,5)1(6)7/h8,13-14,16H,4-7,9-10H2,1-3H3;(H,6,7)/t13-,14+,16+;/m0./s1. The Morgan fingerprint density at radius 1 is 1.37 bits per heavy atom. The van der Waals surface area contributed by atoms with E-state index in [9.17, 15) is 18.0 Å². The fourth-order valence-corrected chi connectivity index (χ4v) is 3.37. The highest BCUT2D eigenvalue weighted by molar-refractivity contribution is 5.76. The molecule has 1 saturated heterocycles. The lowest BCUT2D eigenvalue weighted by molar-refractivity contribution is -0.192. The molecule has 2 aliphatic rings. The molecule has 2 fully saturated rings. The summed E-state index contributed by atoms with van der Waals surface area (Å²) in [6.07, 6.45) is -3.12. The molecule has 3 rings (SSSR count). The highest BCUT2D eigenvalue weighted by Gasteiger charge is 2.43. The van der Waals surface area contributed by atoms with Crippen molar-refractivity contribution in [3.05, 3.63) is 17.5 Å². The van der Waals surface area contributed by atoms with Crippen molar-refractivity contribution in [1.29, 1.82) is 0 Å². The number of carboxylic acid groups (broad SMARTS) is 1. The first-order valence-corrected chi connectivity index (χ1v) is 9.38. The zero-order chi connectivity index (χ0) is 22.5. The number of halogens is 3. The summed E-state index contributed by atoms with van der Waals surface area (Å²) in [5.74, 6) is -1.94. The van der Waals surface area contributed by atoms with Crippen LogP contribution in [0.1, 0.15) is 24.3 Å². The Morgan fingerprint density at radius 2 is 2.03 bits per heavy atom. The van der Waals surface area contributed by atoms with Crippen LogP contribution in [0.3, 0.4) is 0 Å². The fourth-order valence-electron chi connectivity index (χ4n) is 3.37. The van der Waals surface area contributed by atoms with Gasteiger partial charge in [0.25, 0.3) is 0 Å². The first-order valence-electron chi connectivity index (χ1n) is 9.38. The van der Waals surface area contributed by atoms with Crippen LogP contribution < -0.4 is 0 Å². The number of aliphatic carboxylic acids is 1. The van der Waals surface area contributed by atoms with E-state index >= 15 is 0 Å². The van der Waals surface area contributed by atoms with Gasteiger partial charge in [0.15, 0.2) is 0 Å². The highest BCUT2D eigenvalue weighted by atomic mass is 19.4. The van der Waals surface area contributed by atoms with Gasteiger partial charge in [0, 0.05) is 39.3 Å². The number of aromatic nitrogens is 1. The minimum absolute atomic E-state index is 0.00857.